The summed E-state index contributed by atoms with van der Waals surface area (Å²) in [5.74, 6) is -0.0626. The van der Waals surface area contributed by atoms with Gasteiger partial charge in [0.2, 0.25) is 0 Å². The summed E-state index contributed by atoms with van der Waals surface area (Å²) in [5.41, 5.74) is 2.49. The smallest absolute Gasteiger partial charge is 0.339 e. The van der Waals surface area contributed by atoms with Crippen LogP contribution >= 0.6 is 0 Å². The molecule has 11 heavy (non-hydrogen) atoms. The molecule has 0 fully saturated rings. The van der Waals surface area contributed by atoms with E-state index in [-0.39, 0.29) is 5.82 Å². The van der Waals surface area contributed by atoms with Gasteiger partial charge in [0, 0.05) is 18.5 Å². The molecule has 1 heterocycles. The fourth-order valence-corrected chi connectivity index (χ4v) is 0.642. The number of hydrogen-bond donors (Lipinski definition) is 1. The van der Waals surface area contributed by atoms with Crippen molar-refractivity contribution in [2.45, 2.75) is 0 Å². The van der Waals surface area contributed by atoms with E-state index in [2.05, 4.69) is 12.0 Å². The minimum Gasteiger partial charge on any atom is -0.358 e. The van der Waals surface area contributed by atoms with Gasteiger partial charge in [-0.15, -0.1) is 0 Å². The van der Waals surface area contributed by atoms with E-state index in [4.69, 9.17) is 0 Å². The SMILES string of the molecule is C=CN1C=CC=C([N+](=O)[O-])N1. The number of hydrogen-bond acceptors (Lipinski definition) is 4. The van der Waals surface area contributed by atoms with Crippen molar-refractivity contribution in [1.82, 2.24) is 10.4 Å². The van der Waals surface area contributed by atoms with Crippen molar-refractivity contribution < 1.29 is 4.92 Å². The van der Waals surface area contributed by atoms with Crippen LogP contribution in [0.5, 0.6) is 0 Å². The van der Waals surface area contributed by atoms with E-state index in [0.29, 0.717) is 0 Å². The Kier molecular flexibility index (Phi) is 1.91. The van der Waals surface area contributed by atoms with Crippen LogP contribution in [0.1, 0.15) is 0 Å². The van der Waals surface area contributed by atoms with E-state index < -0.39 is 4.92 Å². The molecule has 0 amide bonds. The normalized spacial score (nSPS) is 15.3. The summed E-state index contributed by atoms with van der Waals surface area (Å²) in [6.07, 6.45) is 6.00. The topological polar surface area (TPSA) is 58.4 Å². The quantitative estimate of drug-likeness (QED) is 0.465. The van der Waals surface area contributed by atoms with Crippen molar-refractivity contribution in [2.75, 3.05) is 0 Å². The largest absolute Gasteiger partial charge is 0.358 e. The standard InChI is InChI=1S/C6H7N3O2/c1-2-8-5-3-4-6(7-8)9(10)11/h2-5,7H,1H2. The predicted octanol–water partition coefficient (Wildman–Crippen LogP) is 0.582. The molecule has 0 saturated carbocycles. The van der Waals surface area contributed by atoms with E-state index >= 15 is 0 Å². The molecule has 0 spiro atoms. The van der Waals surface area contributed by atoms with Crippen molar-refractivity contribution in [3.8, 4) is 0 Å². The molecule has 58 valence electrons. The summed E-state index contributed by atoms with van der Waals surface area (Å²) in [6, 6.07) is 0. The molecular formula is C6H7N3O2. The molecule has 0 aromatic heterocycles. The van der Waals surface area contributed by atoms with Crippen LogP contribution in [0.3, 0.4) is 0 Å². The van der Waals surface area contributed by atoms with Gasteiger partial charge in [0.25, 0.3) is 0 Å². The van der Waals surface area contributed by atoms with E-state index in [1.165, 1.54) is 17.3 Å². The number of allylic oxidation sites excluding steroid dienone is 2. The van der Waals surface area contributed by atoms with Gasteiger partial charge >= 0.3 is 5.82 Å². The van der Waals surface area contributed by atoms with Gasteiger partial charge in [-0.1, -0.05) is 6.58 Å². The van der Waals surface area contributed by atoms with Crippen LogP contribution in [0.2, 0.25) is 0 Å². The summed E-state index contributed by atoms with van der Waals surface area (Å²) in [5, 5.41) is 11.6. The summed E-state index contributed by atoms with van der Waals surface area (Å²) in [7, 11) is 0. The van der Waals surface area contributed by atoms with E-state index in [1.54, 1.807) is 12.3 Å². The Balaban J connectivity index is 2.72. The monoisotopic (exact) mass is 153 g/mol. The molecule has 0 aromatic carbocycles. The molecule has 0 aromatic rings. The highest BCUT2D eigenvalue weighted by Gasteiger charge is 2.12. The summed E-state index contributed by atoms with van der Waals surface area (Å²) in [6.45, 7) is 3.44. The number of rotatable bonds is 2. The molecule has 0 aliphatic carbocycles. The van der Waals surface area contributed by atoms with Gasteiger partial charge in [0.15, 0.2) is 0 Å². The maximum atomic E-state index is 10.2. The second-order valence-electron chi connectivity index (χ2n) is 1.85. The third-order valence-corrected chi connectivity index (χ3v) is 1.14. The molecule has 1 aliphatic rings. The molecule has 0 atom stereocenters. The Bertz CT molecular complexity index is 244. The lowest BCUT2D eigenvalue weighted by atomic mass is 10.5. The molecule has 5 heteroatoms. The number of nitro groups is 1. The van der Waals surface area contributed by atoms with E-state index in [0.717, 1.165) is 0 Å². The molecule has 1 aliphatic heterocycles. The summed E-state index contributed by atoms with van der Waals surface area (Å²) < 4.78 is 0. The van der Waals surface area contributed by atoms with Crippen LogP contribution in [-0.4, -0.2) is 9.93 Å². The Labute approximate surface area is 63.4 Å². The Morgan fingerprint density at radius 3 is 3.09 bits per heavy atom. The van der Waals surface area contributed by atoms with Crippen molar-refractivity contribution in [3.63, 3.8) is 0 Å². The van der Waals surface area contributed by atoms with E-state index in [1.807, 2.05) is 0 Å². The fraction of sp³-hybridized carbons (Fsp3) is 0. The fourth-order valence-electron chi connectivity index (χ4n) is 0.642. The first kappa shape index (κ1) is 7.33. The third kappa shape index (κ3) is 1.57. The first-order chi connectivity index (χ1) is 5.24. The van der Waals surface area contributed by atoms with Gasteiger partial charge in [-0.2, -0.15) is 5.43 Å². The second kappa shape index (κ2) is 2.87. The average Bonchev–Trinajstić information content (AvgIpc) is 2.05. The van der Waals surface area contributed by atoms with Gasteiger partial charge in [-0.25, -0.2) is 5.01 Å². The van der Waals surface area contributed by atoms with E-state index in [9.17, 15) is 10.1 Å². The Hall–Kier alpha value is -1.78. The van der Waals surface area contributed by atoms with Crippen molar-refractivity contribution in [2.24, 2.45) is 0 Å². The zero-order valence-corrected chi connectivity index (χ0v) is 5.73. The number of nitrogens with one attached hydrogen (secondary N) is 1. The third-order valence-electron chi connectivity index (χ3n) is 1.14. The number of nitrogens with zero attached hydrogens (tertiary/aromatic N) is 2. The van der Waals surface area contributed by atoms with Crippen molar-refractivity contribution >= 4 is 0 Å². The minimum absolute atomic E-state index is 0.0626. The lowest BCUT2D eigenvalue weighted by Gasteiger charge is -2.14. The zero-order valence-electron chi connectivity index (χ0n) is 5.73. The minimum atomic E-state index is -0.500. The van der Waals surface area contributed by atoms with Gasteiger partial charge in [-0.05, 0) is 11.0 Å². The van der Waals surface area contributed by atoms with Gasteiger partial charge in [-0.3, -0.25) is 0 Å². The zero-order chi connectivity index (χ0) is 8.27. The van der Waals surface area contributed by atoms with Crippen LogP contribution in [0.25, 0.3) is 0 Å². The van der Waals surface area contributed by atoms with Gasteiger partial charge < -0.3 is 10.1 Å². The Morgan fingerprint density at radius 2 is 2.55 bits per heavy atom. The maximum Gasteiger partial charge on any atom is 0.339 e. The molecule has 0 saturated heterocycles. The molecule has 1 N–H and O–H groups in total. The first-order valence-electron chi connectivity index (χ1n) is 2.94. The first-order valence-corrected chi connectivity index (χ1v) is 2.94. The van der Waals surface area contributed by atoms with Crippen molar-refractivity contribution in [3.05, 3.63) is 47.1 Å². The van der Waals surface area contributed by atoms with Crippen LogP contribution in [0, 0.1) is 10.1 Å². The maximum absolute atomic E-state index is 10.2. The molecule has 0 unspecified atom stereocenters. The van der Waals surface area contributed by atoms with Crippen LogP contribution < -0.4 is 5.43 Å². The molecular weight excluding hydrogens is 146 g/mol. The lowest BCUT2D eigenvalue weighted by Crippen LogP contribution is -2.32. The number of hydrazine groups is 1. The molecule has 0 radical (unpaired) electrons. The molecule has 0 bridgehead atoms. The van der Waals surface area contributed by atoms with Gasteiger partial charge in [0.1, 0.15) is 0 Å². The second-order valence-corrected chi connectivity index (χ2v) is 1.85. The predicted molar refractivity (Wildman–Crippen MR) is 39.4 cm³/mol. The lowest BCUT2D eigenvalue weighted by molar-refractivity contribution is -0.435. The molecule has 1 rings (SSSR count). The van der Waals surface area contributed by atoms with Gasteiger partial charge in [0.05, 0.1) is 0 Å². The van der Waals surface area contributed by atoms with Crippen LogP contribution in [0.15, 0.2) is 37.0 Å². The van der Waals surface area contributed by atoms with Crippen molar-refractivity contribution in [1.29, 1.82) is 0 Å². The highest BCUT2D eigenvalue weighted by molar-refractivity contribution is 5.10. The highest BCUT2D eigenvalue weighted by Crippen LogP contribution is 2.00. The highest BCUT2D eigenvalue weighted by atomic mass is 16.6. The summed E-state index contributed by atoms with van der Waals surface area (Å²) >= 11 is 0. The molecule has 5 nitrogen and oxygen atoms in total. The average molecular weight is 153 g/mol. The van der Waals surface area contributed by atoms with Crippen LogP contribution in [-0.2, 0) is 0 Å². The van der Waals surface area contributed by atoms with Crippen LogP contribution in [0.4, 0.5) is 0 Å². The Morgan fingerprint density at radius 1 is 1.82 bits per heavy atom. The summed E-state index contributed by atoms with van der Waals surface area (Å²) in [4.78, 5) is 9.70.